The van der Waals surface area contributed by atoms with Crippen LogP contribution < -0.4 is 10.6 Å². The number of rotatable bonds is 5. The Bertz CT molecular complexity index is 940. The molecule has 0 unspecified atom stereocenters. The van der Waals surface area contributed by atoms with Gasteiger partial charge in [-0.1, -0.05) is 19.1 Å². The summed E-state index contributed by atoms with van der Waals surface area (Å²) in [5, 5.41) is 6.19. The van der Waals surface area contributed by atoms with Gasteiger partial charge in [-0.3, -0.25) is 14.5 Å². The molecule has 30 heavy (non-hydrogen) atoms. The maximum atomic E-state index is 14.1. The lowest BCUT2D eigenvalue weighted by molar-refractivity contribution is -0.118. The van der Waals surface area contributed by atoms with Crippen LogP contribution in [-0.4, -0.2) is 49.6 Å². The topological polar surface area (TPSA) is 70.7 Å². The number of anilines is 2. The van der Waals surface area contributed by atoms with Gasteiger partial charge in [0.2, 0.25) is 5.91 Å². The number of carbonyl (C=O) groups is 2. The van der Waals surface area contributed by atoms with Crippen LogP contribution in [0.3, 0.4) is 0 Å². The first-order valence-electron chi connectivity index (χ1n) is 10.3. The molecule has 0 saturated carbocycles. The van der Waals surface area contributed by atoms with Crippen molar-refractivity contribution in [3.63, 3.8) is 0 Å². The zero-order valence-corrected chi connectivity index (χ0v) is 17.8. The first-order chi connectivity index (χ1) is 14.5. The lowest BCUT2D eigenvalue weighted by Crippen LogP contribution is -2.41. The van der Waals surface area contributed by atoms with Crippen LogP contribution in [-0.2, 0) is 22.4 Å². The fraction of sp³-hybridized carbons (Fsp3) is 0.455. The summed E-state index contributed by atoms with van der Waals surface area (Å²) in [7, 11) is 0. The van der Waals surface area contributed by atoms with Gasteiger partial charge in [0.15, 0.2) is 0 Å². The molecular formula is C22H26FN3O3S. The second-order valence-corrected chi connectivity index (χ2v) is 9.03. The summed E-state index contributed by atoms with van der Waals surface area (Å²) in [6.07, 6.45) is 2.66. The second kappa shape index (κ2) is 9.24. The van der Waals surface area contributed by atoms with Crippen molar-refractivity contribution < 1.29 is 18.7 Å². The van der Waals surface area contributed by atoms with Gasteiger partial charge < -0.3 is 15.4 Å². The molecule has 4 rings (SSSR count). The van der Waals surface area contributed by atoms with E-state index < -0.39 is 5.82 Å². The highest BCUT2D eigenvalue weighted by Crippen LogP contribution is 2.40. The number of hydrogen-bond donors (Lipinski definition) is 2. The van der Waals surface area contributed by atoms with Crippen LogP contribution in [0, 0.1) is 11.7 Å². The number of thiophene rings is 1. The highest BCUT2D eigenvalue weighted by Gasteiger charge is 2.29. The highest BCUT2D eigenvalue weighted by molar-refractivity contribution is 7.17. The number of carbonyl (C=O) groups excluding carboxylic acids is 2. The van der Waals surface area contributed by atoms with E-state index in [4.69, 9.17) is 4.74 Å². The monoisotopic (exact) mass is 431 g/mol. The van der Waals surface area contributed by atoms with E-state index in [9.17, 15) is 14.0 Å². The van der Waals surface area contributed by atoms with E-state index in [1.807, 2.05) is 4.90 Å². The number of morpholine rings is 1. The number of nitrogens with zero attached hydrogens (tertiary/aromatic N) is 1. The Hall–Kier alpha value is -2.29. The van der Waals surface area contributed by atoms with Crippen LogP contribution in [0.2, 0.25) is 0 Å². The summed E-state index contributed by atoms with van der Waals surface area (Å²) >= 11 is 1.47. The normalized spacial score (nSPS) is 19.2. The van der Waals surface area contributed by atoms with E-state index in [0.29, 0.717) is 42.8 Å². The number of ether oxygens (including phenoxy) is 1. The van der Waals surface area contributed by atoms with Crippen molar-refractivity contribution in [1.29, 1.82) is 0 Å². The molecular weight excluding hydrogens is 405 g/mol. The Morgan fingerprint density at radius 3 is 2.77 bits per heavy atom. The quantitative estimate of drug-likeness (QED) is 0.760. The molecule has 0 radical (unpaired) electrons. The standard InChI is InChI=1S/C22H26FN3O3S/c1-14-6-7-15-18(12-14)30-22(25-19(27)13-26-8-10-29-11-9-26)20(15)21(28)24-17-5-3-2-4-16(17)23/h2-5,14H,6-13H2,1H3,(H,24,28)(H,25,27)/t14-/m1/s1. The molecule has 2 N–H and O–H groups in total. The van der Waals surface area contributed by atoms with Crippen molar-refractivity contribution in [2.24, 2.45) is 5.92 Å². The van der Waals surface area contributed by atoms with E-state index in [-0.39, 0.29) is 24.0 Å². The fourth-order valence-corrected chi connectivity index (χ4v) is 5.38. The third-order valence-electron chi connectivity index (χ3n) is 5.58. The Kier molecular flexibility index (Phi) is 6.46. The summed E-state index contributed by atoms with van der Waals surface area (Å²) in [4.78, 5) is 29.0. The molecule has 0 bridgehead atoms. The lowest BCUT2D eigenvalue weighted by atomic mass is 9.88. The molecule has 2 heterocycles. The molecule has 1 aromatic heterocycles. The zero-order valence-electron chi connectivity index (χ0n) is 17.0. The second-order valence-electron chi connectivity index (χ2n) is 7.93. The first-order valence-corrected chi connectivity index (χ1v) is 11.1. The van der Waals surface area contributed by atoms with Crippen molar-refractivity contribution in [3.05, 3.63) is 46.1 Å². The Balaban J connectivity index is 1.57. The van der Waals surface area contributed by atoms with Crippen LogP contribution >= 0.6 is 11.3 Å². The van der Waals surface area contributed by atoms with Crippen molar-refractivity contribution in [3.8, 4) is 0 Å². The minimum Gasteiger partial charge on any atom is -0.379 e. The molecule has 160 valence electrons. The van der Waals surface area contributed by atoms with Crippen molar-refractivity contribution in [1.82, 2.24) is 4.90 Å². The molecule has 2 aliphatic rings. The van der Waals surface area contributed by atoms with Crippen LogP contribution in [0.4, 0.5) is 15.1 Å². The zero-order chi connectivity index (χ0) is 21.1. The Morgan fingerprint density at radius 2 is 2.00 bits per heavy atom. The van der Waals surface area contributed by atoms with E-state index >= 15 is 0 Å². The highest BCUT2D eigenvalue weighted by atomic mass is 32.1. The van der Waals surface area contributed by atoms with Gasteiger partial charge in [-0.15, -0.1) is 11.3 Å². The summed E-state index contributed by atoms with van der Waals surface area (Å²) in [6, 6.07) is 6.10. The van der Waals surface area contributed by atoms with E-state index in [2.05, 4.69) is 17.6 Å². The molecule has 0 spiro atoms. The van der Waals surface area contributed by atoms with Gasteiger partial charge in [0, 0.05) is 18.0 Å². The van der Waals surface area contributed by atoms with Gasteiger partial charge in [0.1, 0.15) is 10.8 Å². The predicted octanol–water partition coefficient (Wildman–Crippen LogP) is 3.54. The van der Waals surface area contributed by atoms with E-state index in [1.54, 1.807) is 12.1 Å². The number of amides is 2. The SMILES string of the molecule is C[C@@H]1CCc2c(sc(NC(=O)CN3CCOCC3)c2C(=O)Nc2ccccc2F)C1. The number of hydrogen-bond acceptors (Lipinski definition) is 5. The molecule has 1 aromatic carbocycles. The largest absolute Gasteiger partial charge is 0.379 e. The van der Waals surface area contributed by atoms with Crippen LogP contribution in [0.1, 0.15) is 34.1 Å². The molecule has 8 heteroatoms. The van der Waals surface area contributed by atoms with Crippen molar-refractivity contribution in [2.75, 3.05) is 43.5 Å². The number of fused-ring (bicyclic) bond motifs is 1. The fourth-order valence-electron chi connectivity index (χ4n) is 3.95. The van der Waals surface area contributed by atoms with E-state index in [1.165, 1.54) is 23.5 Å². The average molecular weight is 432 g/mol. The maximum absolute atomic E-state index is 14.1. The molecule has 1 atom stereocenters. The number of para-hydroxylation sites is 1. The summed E-state index contributed by atoms with van der Waals surface area (Å²) in [5.74, 6) is -0.477. The van der Waals surface area contributed by atoms with E-state index in [0.717, 1.165) is 29.7 Å². The average Bonchev–Trinajstić information content (AvgIpc) is 3.07. The predicted molar refractivity (Wildman–Crippen MR) is 116 cm³/mol. The van der Waals surface area contributed by atoms with Gasteiger partial charge in [0.25, 0.3) is 5.91 Å². The van der Waals surface area contributed by atoms with Gasteiger partial charge in [-0.2, -0.15) is 0 Å². The molecule has 1 aliphatic heterocycles. The minimum atomic E-state index is -0.485. The van der Waals surface area contributed by atoms with Gasteiger partial charge >= 0.3 is 0 Å². The van der Waals surface area contributed by atoms with Gasteiger partial charge in [-0.05, 0) is 42.9 Å². The Labute approximate surface area is 179 Å². The van der Waals surface area contributed by atoms with Gasteiger partial charge in [0.05, 0.1) is 31.0 Å². The first kappa shape index (κ1) is 21.0. The summed E-state index contributed by atoms with van der Waals surface area (Å²) < 4.78 is 19.4. The minimum absolute atomic E-state index is 0.136. The van der Waals surface area contributed by atoms with Crippen LogP contribution in [0.15, 0.2) is 24.3 Å². The molecule has 1 fully saturated rings. The summed E-state index contributed by atoms with van der Waals surface area (Å²) in [5.41, 5.74) is 1.59. The Morgan fingerprint density at radius 1 is 1.23 bits per heavy atom. The molecule has 2 aromatic rings. The third kappa shape index (κ3) is 4.71. The number of halogens is 1. The smallest absolute Gasteiger partial charge is 0.259 e. The molecule has 1 saturated heterocycles. The van der Waals surface area contributed by atoms with Crippen LogP contribution in [0.25, 0.3) is 0 Å². The summed E-state index contributed by atoms with van der Waals surface area (Å²) in [6.45, 7) is 5.12. The van der Waals surface area contributed by atoms with Crippen LogP contribution in [0.5, 0.6) is 0 Å². The molecule has 2 amide bonds. The molecule has 1 aliphatic carbocycles. The molecule has 6 nitrogen and oxygen atoms in total. The number of nitrogens with one attached hydrogen (secondary N) is 2. The van der Waals surface area contributed by atoms with Crippen molar-refractivity contribution in [2.45, 2.75) is 26.2 Å². The van der Waals surface area contributed by atoms with Crippen molar-refractivity contribution >= 4 is 33.8 Å². The lowest BCUT2D eigenvalue weighted by Gasteiger charge is -2.25. The third-order valence-corrected chi connectivity index (χ3v) is 6.75. The van der Waals surface area contributed by atoms with Gasteiger partial charge in [-0.25, -0.2) is 4.39 Å². The number of benzene rings is 1. The maximum Gasteiger partial charge on any atom is 0.259 e.